The summed E-state index contributed by atoms with van der Waals surface area (Å²) in [5, 5.41) is 10.4. The summed E-state index contributed by atoms with van der Waals surface area (Å²) in [7, 11) is -6.16. The first-order chi connectivity index (χ1) is 42.4. The van der Waals surface area contributed by atoms with Crippen LogP contribution in [0.5, 0.6) is 0 Å². The standard InChI is InChI=1S/C77H153NO6P2/c1-6-10-14-18-22-26-30-34-38-42-46-50-54-58-62-66-72-81-85(5,82-73-67-63-59-55-51-47-43-39-35-31-27-23-19-15-11-7-2)76-78(70-71-79)77-86(80,83-74-68-64-60-56-52-48-44-40-36-32-28-24-20-16-12-8-3)84-75-69-65-61-57-53-49-45-41-37-33-29-25-21-17-13-9-4/h34-36,38-40,79H,5-33,37,41-77H2,1-4H3/b38-34-,39-35-,40-36-. The van der Waals surface area contributed by atoms with Crippen LogP contribution in [0.3, 0.4) is 0 Å². The fourth-order valence-electron chi connectivity index (χ4n) is 11.7. The third-order valence-electron chi connectivity index (χ3n) is 17.4. The highest BCUT2D eigenvalue weighted by Crippen LogP contribution is 2.53. The second kappa shape index (κ2) is 71.9. The fourth-order valence-corrected chi connectivity index (χ4v) is 15.6. The predicted octanol–water partition coefficient (Wildman–Crippen LogP) is 27.1. The summed E-state index contributed by atoms with van der Waals surface area (Å²) in [6, 6.07) is 0. The molecular weight excluding hydrogens is 1100 g/mol. The monoisotopic (exact) mass is 1250 g/mol. The van der Waals surface area contributed by atoms with Gasteiger partial charge in [-0.15, -0.1) is 0 Å². The molecule has 9 heteroatoms. The third-order valence-corrected chi connectivity index (χ3v) is 21.4. The molecule has 1 unspecified atom stereocenters. The van der Waals surface area contributed by atoms with E-state index in [9.17, 15) is 9.67 Å². The van der Waals surface area contributed by atoms with E-state index in [4.69, 9.17) is 24.4 Å². The van der Waals surface area contributed by atoms with Crippen molar-refractivity contribution < 1.29 is 27.8 Å². The van der Waals surface area contributed by atoms with E-state index in [0.29, 0.717) is 39.3 Å². The molecule has 0 saturated heterocycles. The van der Waals surface area contributed by atoms with Crippen LogP contribution in [0.4, 0.5) is 0 Å². The van der Waals surface area contributed by atoms with Crippen molar-refractivity contribution in [1.29, 1.82) is 0 Å². The topological polar surface area (TPSA) is 77.5 Å². The molecule has 0 aromatic carbocycles. The van der Waals surface area contributed by atoms with Crippen LogP contribution in [-0.2, 0) is 22.7 Å². The Bertz CT molecular complexity index is 1440. The van der Waals surface area contributed by atoms with Gasteiger partial charge in [0.1, 0.15) is 13.6 Å². The Morgan fingerprint density at radius 2 is 0.488 bits per heavy atom. The normalized spacial score (nSPS) is 13.1. The van der Waals surface area contributed by atoms with E-state index in [1.54, 1.807) is 0 Å². The van der Waals surface area contributed by atoms with Gasteiger partial charge in [0.25, 0.3) is 0 Å². The molecule has 7 nitrogen and oxygen atoms in total. The Kier molecular flexibility index (Phi) is 71.5. The lowest BCUT2D eigenvalue weighted by Crippen LogP contribution is -2.31. The molecule has 0 heterocycles. The zero-order valence-corrected chi connectivity index (χ0v) is 60.5. The summed E-state index contributed by atoms with van der Waals surface area (Å²) < 4.78 is 41.1. The first-order valence-corrected chi connectivity index (χ1v) is 42.3. The fraction of sp³-hybridized carbons (Fsp3) is 0.909. The summed E-state index contributed by atoms with van der Waals surface area (Å²) in [5.41, 5.74) is 0. The van der Waals surface area contributed by atoms with Gasteiger partial charge in [0.2, 0.25) is 0 Å². The largest absolute Gasteiger partial charge is 0.395 e. The summed E-state index contributed by atoms with van der Waals surface area (Å²) in [6.07, 6.45) is 93.7. The van der Waals surface area contributed by atoms with Crippen molar-refractivity contribution in [2.24, 2.45) is 0 Å². The zero-order chi connectivity index (χ0) is 62.3. The predicted molar refractivity (Wildman–Crippen MR) is 387 cm³/mol. The van der Waals surface area contributed by atoms with Crippen LogP contribution in [0.1, 0.15) is 400 Å². The van der Waals surface area contributed by atoms with Crippen LogP contribution in [0.15, 0.2) is 36.5 Å². The highest BCUT2D eigenvalue weighted by Gasteiger charge is 2.31. The van der Waals surface area contributed by atoms with E-state index in [1.807, 2.05) is 4.90 Å². The highest BCUT2D eigenvalue weighted by atomic mass is 31.2. The Labute approximate surface area is 539 Å². The van der Waals surface area contributed by atoms with Gasteiger partial charge < -0.3 is 23.2 Å². The summed E-state index contributed by atoms with van der Waals surface area (Å²) in [6.45, 7) is 11.5. The average molecular weight is 1250 g/mol. The molecule has 0 saturated carbocycles. The molecule has 1 atom stereocenters. The SMILES string of the molecule is C=P(CN(CCO)CP(=O)(OCCCCCCCC/C=C\CCCCCCCC)OCCCCCCCCCCCCCCCCCC)(OCCCCCCCC/C=C\CCCCCCCC)OCCCCCCCC/C=C\CCCCCCCC. The van der Waals surface area contributed by atoms with E-state index in [2.05, 4.69) is 64.2 Å². The molecule has 0 aromatic heterocycles. The van der Waals surface area contributed by atoms with Crippen molar-refractivity contribution >= 4 is 21.2 Å². The number of allylic oxidation sites excluding steroid dienone is 6. The third kappa shape index (κ3) is 66.4. The summed E-state index contributed by atoms with van der Waals surface area (Å²) in [4.78, 5) is 2.03. The smallest absolute Gasteiger partial charge is 0.344 e. The van der Waals surface area contributed by atoms with E-state index in [0.717, 1.165) is 51.4 Å². The van der Waals surface area contributed by atoms with Crippen LogP contribution in [0, 0.1) is 0 Å². The van der Waals surface area contributed by atoms with Crippen molar-refractivity contribution in [3.63, 3.8) is 0 Å². The number of aliphatic hydroxyl groups excluding tert-OH is 1. The molecule has 1 N–H and O–H groups in total. The maximum Gasteiger partial charge on any atom is 0.344 e. The van der Waals surface area contributed by atoms with Gasteiger partial charge in [0, 0.05) is 6.54 Å². The Hall–Kier alpha value is -0.490. The maximum atomic E-state index is 14.9. The summed E-state index contributed by atoms with van der Waals surface area (Å²) in [5.74, 6) is 0. The second-order valence-corrected chi connectivity index (χ2v) is 30.7. The van der Waals surface area contributed by atoms with E-state index < -0.39 is 14.9 Å². The van der Waals surface area contributed by atoms with Crippen molar-refractivity contribution in [1.82, 2.24) is 4.90 Å². The summed E-state index contributed by atoms with van der Waals surface area (Å²) >= 11 is 0. The van der Waals surface area contributed by atoms with Gasteiger partial charge in [-0.25, -0.2) is 0 Å². The number of aliphatic hydroxyl groups is 1. The minimum Gasteiger partial charge on any atom is -0.395 e. The Balaban J connectivity index is 5.42. The number of hydrogen-bond donors (Lipinski definition) is 1. The Morgan fingerprint density at radius 3 is 0.709 bits per heavy atom. The number of nitrogens with zero attached hydrogens (tertiary/aromatic N) is 1. The molecule has 0 amide bonds. The lowest BCUT2D eigenvalue weighted by atomic mass is 10.0. The lowest BCUT2D eigenvalue weighted by molar-refractivity contribution is 0.166. The van der Waals surface area contributed by atoms with Crippen LogP contribution < -0.4 is 0 Å². The molecule has 0 radical (unpaired) electrons. The van der Waals surface area contributed by atoms with Crippen molar-refractivity contribution in [2.45, 2.75) is 400 Å². The van der Waals surface area contributed by atoms with Crippen LogP contribution in [-0.4, -0.2) is 68.5 Å². The van der Waals surface area contributed by atoms with Crippen molar-refractivity contribution in [2.75, 3.05) is 52.2 Å². The van der Waals surface area contributed by atoms with Gasteiger partial charge in [-0.1, -0.05) is 340 Å². The number of rotatable bonds is 75. The lowest BCUT2D eigenvalue weighted by Gasteiger charge is -2.33. The van der Waals surface area contributed by atoms with Gasteiger partial charge >= 0.3 is 7.60 Å². The van der Waals surface area contributed by atoms with Gasteiger partial charge in [-0.2, -0.15) is 0 Å². The van der Waals surface area contributed by atoms with Crippen LogP contribution in [0.25, 0.3) is 0 Å². The molecular formula is C77H153NO6P2. The molecule has 86 heavy (non-hydrogen) atoms. The molecule has 0 aliphatic heterocycles. The van der Waals surface area contributed by atoms with Gasteiger partial charge in [0.15, 0.2) is 0 Å². The van der Waals surface area contributed by atoms with E-state index in [1.165, 1.54) is 321 Å². The quantitative estimate of drug-likeness (QED) is 0.0369. The number of hydrogen-bond acceptors (Lipinski definition) is 7. The van der Waals surface area contributed by atoms with Crippen LogP contribution in [0.2, 0.25) is 0 Å². The molecule has 0 aliphatic carbocycles. The van der Waals surface area contributed by atoms with Gasteiger partial charge in [-0.05, 0) is 103 Å². The van der Waals surface area contributed by atoms with Crippen molar-refractivity contribution in [3.05, 3.63) is 36.5 Å². The molecule has 0 aromatic rings. The minimum absolute atomic E-state index is 0.0577. The van der Waals surface area contributed by atoms with Gasteiger partial charge in [0.05, 0.1) is 39.3 Å². The molecule has 0 spiro atoms. The molecule has 0 bridgehead atoms. The molecule has 0 fully saturated rings. The minimum atomic E-state index is -3.52. The number of unbranched alkanes of at least 4 members (excludes halogenated alkanes) is 51. The van der Waals surface area contributed by atoms with Gasteiger partial charge in [-0.3, -0.25) is 9.46 Å². The molecule has 0 rings (SSSR count). The molecule has 0 aliphatic rings. The van der Waals surface area contributed by atoms with E-state index >= 15 is 0 Å². The van der Waals surface area contributed by atoms with Crippen LogP contribution >= 0.6 is 14.9 Å². The highest BCUT2D eigenvalue weighted by molar-refractivity contribution is 7.64. The first-order valence-electron chi connectivity index (χ1n) is 38.6. The average Bonchev–Trinajstić information content (AvgIpc) is 3.00. The second-order valence-electron chi connectivity index (χ2n) is 26.3. The zero-order valence-electron chi connectivity index (χ0n) is 58.7. The first kappa shape index (κ1) is 85.5. The molecule has 512 valence electrons. The van der Waals surface area contributed by atoms with Crippen molar-refractivity contribution in [3.8, 4) is 0 Å². The Morgan fingerprint density at radius 1 is 0.291 bits per heavy atom. The maximum absolute atomic E-state index is 14.9. The van der Waals surface area contributed by atoms with E-state index in [-0.39, 0.29) is 12.9 Å².